The Morgan fingerprint density at radius 2 is 2.19 bits per heavy atom. The highest BCUT2D eigenvalue weighted by atomic mass is 19.1. The minimum Gasteiger partial charge on any atom is -0.376 e. The monoisotopic (exact) mass is 291 g/mol. The molecule has 1 heterocycles. The van der Waals surface area contributed by atoms with Crippen LogP contribution in [-0.4, -0.2) is 36.6 Å². The fourth-order valence-electron chi connectivity index (χ4n) is 2.44. The first-order valence-corrected chi connectivity index (χ1v) is 7.53. The Labute approximate surface area is 125 Å². The van der Waals surface area contributed by atoms with Crippen molar-refractivity contribution in [3.63, 3.8) is 0 Å². The molecule has 114 valence electrons. The highest BCUT2D eigenvalue weighted by molar-refractivity contribution is 5.91. The molecule has 3 nitrogen and oxygen atoms in total. The number of carbonyl (C=O) groups excluding carboxylic acids is 1. The number of ether oxygens (including phenoxy) is 1. The summed E-state index contributed by atoms with van der Waals surface area (Å²) in [7, 11) is 0. The molecule has 0 N–H and O–H groups in total. The van der Waals surface area contributed by atoms with E-state index in [0.29, 0.717) is 6.54 Å². The van der Waals surface area contributed by atoms with Crippen LogP contribution in [0.1, 0.15) is 31.7 Å². The minimum absolute atomic E-state index is 0.0170. The lowest BCUT2D eigenvalue weighted by atomic mass is 10.2. The minimum atomic E-state index is -0.274. The smallest absolute Gasteiger partial charge is 0.246 e. The zero-order valence-electron chi connectivity index (χ0n) is 12.4. The first-order chi connectivity index (χ1) is 10.2. The molecule has 0 spiro atoms. The Balaban J connectivity index is 1.95. The molecule has 1 aromatic carbocycles. The lowest BCUT2D eigenvalue weighted by molar-refractivity contribution is -0.127. The van der Waals surface area contributed by atoms with Crippen molar-refractivity contribution in [1.82, 2.24) is 4.90 Å². The van der Waals surface area contributed by atoms with Gasteiger partial charge in [-0.2, -0.15) is 0 Å². The average Bonchev–Trinajstić information content (AvgIpc) is 2.99. The molecule has 1 unspecified atom stereocenters. The Hall–Kier alpha value is -1.68. The molecule has 1 fully saturated rings. The molecule has 1 aliphatic rings. The fraction of sp³-hybridized carbons (Fsp3) is 0.471. The maximum absolute atomic E-state index is 12.8. The van der Waals surface area contributed by atoms with Crippen LogP contribution in [0.5, 0.6) is 0 Å². The van der Waals surface area contributed by atoms with Crippen molar-refractivity contribution in [1.29, 1.82) is 0 Å². The second-order valence-corrected chi connectivity index (χ2v) is 5.30. The Morgan fingerprint density at radius 1 is 1.43 bits per heavy atom. The molecule has 2 rings (SSSR count). The summed E-state index contributed by atoms with van der Waals surface area (Å²) in [4.78, 5) is 14.1. The van der Waals surface area contributed by atoms with Crippen LogP contribution in [0.25, 0.3) is 6.08 Å². The lowest BCUT2D eigenvalue weighted by Crippen LogP contribution is -2.36. The Morgan fingerprint density at radius 3 is 2.81 bits per heavy atom. The Bertz CT molecular complexity index is 478. The molecular formula is C17H22FNO2. The number of halogens is 1. The molecule has 1 aliphatic heterocycles. The number of rotatable bonds is 6. The van der Waals surface area contributed by atoms with Crippen LogP contribution in [0.15, 0.2) is 30.3 Å². The van der Waals surface area contributed by atoms with Crippen molar-refractivity contribution in [2.45, 2.75) is 32.3 Å². The highest BCUT2D eigenvalue weighted by Gasteiger charge is 2.20. The van der Waals surface area contributed by atoms with Crippen LogP contribution in [0, 0.1) is 5.82 Å². The van der Waals surface area contributed by atoms with Gasteiger partial charge in [0.2, 0.25) is 5.91 Å². The van der Waals surface area contributed by atoms with E-state index in [2.05, 4.69) is 6.92 Å². The molecule has 1 aromatic rings. The van der Waals surface area contributed by atoms with Gasteiger partial charge in [-0.25, -0.2) is 4.39 Å². The summed E-state index contributed by atoms with van der Waals surface area (Å²) in [5.41, 5.74) is 0.818. The topological polar surface area (TPSA) is 29.5 Å². The first kappa shape index (κ1) is 15.7. The van der Waals surface area contributed by atoms with Crippen molar-refractivity contribution in [3.05, 3.63) is 41.7 Å². The highest BCUT2D eigenvalue weighted by Crippen LogP contribution is 2.14. The van der Waals surface area contributed by atoms with E-state index in [9.17, 15) is 9.18 Å². The number of nitrogens with zero attached hydrogens (tertiary/aromatic N) is 1. The predicted molar refractivity (Wildman–Crippen MR) is 81.3 cm³/mol. The van der Waals surface area contributed by atoms with Crippen molar-refractivity contribution in [3.8, 4) is 0 Å². The van der Waals surface area contributed by atoms with Gasteiger partial charge in [-0.3, -0.25) is 4.79 Å². The van der Waals surface area contributed by atoms with Gasteiger partial charge in [-0.1, -0.05) is 19.1 Å². The molecule has 0 radical (unpaired) electrons. The van der Waals surface area contributed by atoms with Crippen LogP contribution in [-0.2, 0) is 9.53 Å². The van der Waals surface area contributed by atoms with E-state index in [1.807, 2.05) is 4.90 Å². The molecule has 0 bridgehead atoms. The molecular weight excluding hydrogens is 269 g/mol. The fourth-order valence-corrected chi connectivity index (χ4v) is 2.44. The van der Waals surface area contributed by atoms with Crippen molar-refractivity contribution in [2.24, 2.45) is 0 Å². The SMILES string of the molecule is CCCN(CC1CCCO1)C(=O)C=Cc1ccc(F)cc1. The van der Waals surface area contributed by atoms with Gasteiger partial charge < -0.3 is 9.64 Å². The first-order valence-electron chi connectivity index (χ1n) is 7.53. The number of carbonyl (C=O) groups is 1. The van der Waals surface area contributed by atoms with Gasteiger partial charge in [0.05, 0.1) is 6.10 Å². The third-order valence-electron chi connectivity index (χ3n) is 3.54. The van der Waals surface area contributed by atoms with Crippen molar-refractivity contribution in [2.75, 3.05) is 19.7 Å². The van der Waals surface area contributed by atoms with E-state index in [1.165, 1.54) is 12.1 Å². The molecule has 0 aliphatic carbocycles. The second kappa shape index (κ2) is 7.93. The summed E-state index contributed by atoms with van der Waals surface area (Å²) in [5, 5.41) is 0. The van der Waals surface area contributed by atoms with Crippen LogP contribution >= 0.6 is 0 Å². The normalized spacial score (nSPS) is 18.3. The molecule has 0 aromatic heterocycles. The number of benzene rings is 1. The predicted octanol–water partition coefficient (Wildman–Crippen LogP) is 3.26. The zero-order valence-corrected chi connectivity index (χ0v) is 12.4. The average molecular weight is 291 g/mol. The molecule has 0 saturated carbocycles. The Kier molecular flexibility index (Phi) is 5.93. The van der Waals surface area contributed by atoms with Crippen LogP contribution < -0.4 is 0 Å². The van der Waals surface area contributed by atoms with Crippen LogP contribution in [0.3, 0.4) is 0 Å². The summed E-state index contributed by atoms with van der Waals surface area (Å²) < 4.78 is 18.4. The van der Waals surface area contributed by atoms with E-state index in [1.54, 1.807) is 24.3 Å². The van der Waals surface area contributed by atoms with E-state index < -0.39 is 0 Å². The summed E-state index contributed by atoms with van der Waals surface area (Å²) in [6, 6.07) is 6.09. The summed E-state index contributed by atoms with van der Waals surface area (Å²) in [6.45, 7) is 4.23. The van der Waals surface area contributed by atoms with Crippen LogP contribution in [0.2, 0.25) is 0 Å². The lowest BCUT2D eigenvalue weighted by Gasteiger charge is -2.23. The number of hydrogen-bond donors (Lipinski definition) is 0. The molecule has 1 amide bonds. The summed E-state index contributed by atoms with van der Waals surface area (Å²) in [5.74, 6) is -0.291. The van der Waals surface area contributed by atoms with Crippen molar-refractivity contribution < 1.29 is 13.9 Å². The van der Waals surface area contributed by atoms with E-state index in [4.69, 9.17) is 4.74 Å². The number of hydrogen-bond acceptors (Lipinski definition) is 2. The molecule has 4 heteroatoms. The van der Waals surface area contributed by atoms with Gasteiger partial charge in [-0.05, 0) is 43.0 Å². The van der Waals surface area contributed by atoms with Gasteiger partial charge in [0.15, 0.2) is 0 Å². The van der Waals surface area contributed by atoms with Crippen molar-refractivity contribution >= 4 is 12.0 Å². The van der Waals surface area contributed by atoms with Gasteiger partial charge >= 0.3 is 0 Å². The van der Waals surface area contributed by atoms with Gasteiger partial charge in [0.1, 0.15) is 5.82 Å². The third-order valence-corrected chi connectivity index (χ3v) is 3.54. The van der Waals surface area contributed by atoms with E-state index in [0.717, 1.165) is 38.0 Å². The summed E-state index contributed by atoms with van der Waals surface area (Å²) in [6.07, 6.45) is 6.46. The molecule has 1 saturated heterocycles. The molecule has 21 heavy (non-hydrogen) atoms. The maximum atomic E-state index is 12.8. The van der Waals surface area contributed by atoms with Gasteiger partial charge in [0, 0.05) is 25.8 Å². The van der Waals surface area contributed by atoms with Crippen LogP contribution in [0.4, 0.5) is 4.39 Å². The van der Waals surface area contributed by atoms with E-state index >= 15 is 0 Å². The third kappa shape index (κ3) is 4.97. The van der Waals surface area contributed by atoms with Gasteiger partial charge in [0.25, 0.3) is 0 Å². The summed E-state index contributed by atoms with van der Waals surface area (Å²) >= 11 is 0. The zero-order chi connectivity index (χ0) is 15.1. The quantitative estimate of drug-likeness (QED) is 0.753. The largest absolute Gasteiger partial charge is 0.376 e. The molecule has 1 atom stereocenters. The second-order valence-electron chi connectivity index (χ2n) is 5.30. The number of amides is 1. The van der Waals surface area contributed by atoms with Gasteiger partial charge in [-0.15, -0.1) is 0 Å². The van der Waals surface area contributed by atoms with E-state index in [-0.39, 0.29) is 17.8 Å². The standard InChI is InChI=1S/C17H22FNO2/c1-2-11-19(13-16-4-3-12-21-16)17(20)10-7-14-5-8-15(18)9-6-14/h5-10,16H,2-4,11-13H2,1H3. The maximum Gasteiger partial charge on any atom is 0.246 e.